The summed E-state index contributed by atoms with van der Waals surface area (Å²) in [6, 6.07) is 13.4. The number of ether oxygens (including phenoxy) is 1. The lowest BCUT2D eigenvalue weighted by atomic mass is 9.89. The van der Waals surface area contributed by atoms with Crippen molar-refractivity contribution in [3.8, 4) is 5.75 Å². The minimum absolute atomic E-state index is 0.00796. The number of H-pyrrole nitrogens is 1. The topological polar surface area (TPSA) is 62.4 Å². The number of carbonyl (C=O) groups is 2. The molecule has 2 heterocycles. The molecular formula is C24H26N2O3. The summed E-state index contributed by atoms with van der Waals surface area (Å²) in [7, 11) is 1.61. The van der Waals surface area contributed by atoms with Gasteiger partial charge in [0, 0.05) is 35.5 Å². The highest BCUT2D eigenvalue weighted by Crippen LogP contribution is 2.26. The first-order valence-corrected chi connectivity index (χ1v) is 10.0. The van der Waals surface area contributed by atoms with Crippen LogP contribution in [0.3, 0.4) is 0 Å². The van der Waals surface area contributed by atoms with Gasteiger partial charge in [-0.1, -0.05) is 6.07 Å². The molecule has 1 amide bonds. The maximum Gasteiger partial charge on any atom is 0.270 e. The number of rotatable bonds is 4. The molecule has 4 rings (SSSR count). The van der Waals surface area contributed by atoms with Gasteiger partial charge in [0.1, 0.15) is 11.4 Å². The van der Waals surface area contributed by atoms with Crippen molar-refractivity contribution in [2.24, 2.45) is 5.92 Å². The van der Waals surface area contributed by atoms with Gasteiger partial charge in [-0.15, -0.1) is 0 Å². The van der Waals surface area contributed by atoms with Crippen LogP contribution in [0.25, 0.3) is 10.9 Å². The van der Waals surface area contributed by atoms with Crippen LogP contribution in [0, 0.1) is 19.8 Å². The van der Waals surface area contributed by atoms with E-state index in [4.69, 9.17) is 4.74 Å². The summed E-state index contributed by atoms with van der Waals surface area (Å²) in [5.41, 5.74) is 4.66. The van der Waals surface area contributed by atoms with Crippen molar-refractivity contribution < 1.29 is 14.3 Å². The second-order valence-electron chi connectivity index (χ2n) is 7.89. The lowest BCUT2D eigenvalue weighted by Crippen LogP contribution is -2.40. The Balaban J connectivity index is 1.43. The van der Waals surface area contributed by atoms with E-state index in [1.807, 2.05) is 35.2 Å². The van der Waals surface area contributed by atoms with Crippen molar-refractivity contribution in [2.45, 2.75) is 26.7 Å². The molecule has 3 aromatic rings. The second-order valence-corrected chi connectivity index (χ2v) is 7.89. The van der Waals surface area contributed by atoms with Crippen LogP contribution in [0.1, 0.15) is 44.8 Å². The number of aromatic nitrogens is 1. The van der Waals surface area contributed by atoms with E-state index in [2.05, 4.69) is 31.0 Å². The van der Waals surface area contributed by atoms with Crippen LogP contribution < -0.4 is 4.74 Å². The monoisotopic (exact) mass is 390 g/mol. The highest BCUT2D eigenvalue weighted by atomic mass is 16.5. The third kappa shape index (κ3) is 3.77. The quantitative estimate of drug-likeness (QED) is 0.666. The summed E-state index contributed by atoms with van der Waals surface area (Å²) in [6.45, 7) is 5.31. The van der Waals surface area contributed by atoms with Crippen LogP contribution in [-0.4, -0.2) is 41.8 Å². The molecule has 29 heavy (non-hydrogen) atoms. The number of aryl methyl sites for hydroxylation is 2. The number of carbonyl (C=O) groups excluding carboxylic acids is 2. The second kappa shape index (κ2) is 7.74. The van der Waals surface area contributed by atoms with E-state index in [1.165, 1.54) is 11.1 Å². The van der Waals surface area contributed by atoms with Crippen LogP contribution in [0.15, 0.2) is 42.5 Å². The standard InChI is InChI=1S/C24H26N2O3/c1-15-12-16(2)20-14-22(25-21(20)13-15)24(28)26-10-8-18(9-11-26)23(27)17-4-6-19(29-3)7-5-17/h4-7,12-14,18,25H,8-11H2,1-3H3. The van der Waals surface area contributed by atoms with Crippen LogP contribution in [-0.2, 0) is 0 Å². The van der Waals surface area contributed by atoms with Crippen molar-refractivity contribution in [3.05, 3.63) is 64.8 Å². The van der Waals surface area contributed by atoms with Crippen LogP contribution >= 0.6 is 0 Å². The minimum atomic E-state index is -0.0416. The van der Waals surface area contributed by atoms with Gasteiger partial charge in [0.05, 0.1) is 7.11 Å². The maximum absolute atomic E-state index is 13.0. The molecule has 0 spiro atoms. The first-order valence-electron chi connectivity index (χ1n) is 10.0. The fraction of sp³-hybridized carbons (Fsp3) is 0.333. The smallest absolute Gasteiger partial charge is 0.270 e. The van der Waals surface area contributed by atoms with Crippen molar-refractivity contribution in [2.75, 3.05) is 20.2 Å². The number of methoxy groups -OCH3 is 1. The summed E-state index contributed by atoms with van der Waals surface area (Å²) < 4.78 is 5.15. The Labute approximate surface area is 170 Å². The molecule has 0 radical (unpaired) electrons. The molecule has 1 aliphatic rings. The first-order chi connectivity index (χ1) is 14.0. The van der Waals surface area contributed by atoms with Crippen LogP contribution in [0.2, 0.25) is 0 Å². The Morgan fingerprint density at radius 3 is 2.38 bits per heavy atom. The SMILES string of the molecule is COc1ccc(C(=O)C2CCN(C(=O)c3cc4c(C)cc(C)cc4[nH]3)CC2)cc1. The molecule has 0 aliphatic carbocycles. The first kappa shape index (κ1) is 19.2. The van der Waals surface area contributed by atoms with E-state index in [9.17, 15) is 9.59 Å². The molecule has 1 N–H and O–H groups in total. The zero-order valence-electron chi connectivity index (χ0n) is 17.1. The third-order valence-electron chi connectivity index (χ3n) is 5.85. The van der Waals surface area contributed by atoms with Crippen molar-refractivity contribution in [1.29, 1.82) is 0 Å². The molecule has 1 aromatic heterocycles. The lowest BCUT2D eigenvalue weighted by molar-refractivity contribution is 0.0646. The molecule has 1 saturated heterocycles. The Bertz CT molecular complexity index is 1060. The summed E-state index contributed by atoms with van der Waals surface area (Å²) in [5, 5.41) is 1.09. The molecule has 0 unspecified atom stereocenters. The Morgan fingerprint density at radius 1 is 1.03 bits per heavy atom. The average molecular weight is 390 g/mol. The van der Waals surface area contributed by atoms with E-state index in [0.29, 0.717) is 37.2 Å². The van der Waals surface area contributed by atoms with Gasteiger partial charge in [0.2, 0.25) is 0 Å². The number of nitrogens with one attached hydrogen (secondary N) is 1. The van der Waals surface area contributed by atoms with E-state index in [-0.39, 0.29) is 17.6 Å². The number of ketones is 1. The number of aromatic amines is 1. The molecule has 2 aromatic carbocycles. The van der Waals surface area contributed by atoms with Gasteiger partial charge in [0.25, 0.3) is 5.91 Å². The zero-order chi connectivity index (χ0) is 20.5. The van der Waals surface area contributed by atoms with Gasteiger partial charge in [-0.25, -0.2) is 0 Å². The summed E-state index contributed by atoms with van der Waals surface area (Å²) in [6.07, 6.45) is 1.38. The largest absolute Gasteiger partial charge is 0.497 e. The van der Waals surface area contributed by atoms with E-state index < -0.39 is 0 Å². The van der Waals surface area contributed by atoms with Gasteiger partial charge < -0.3 is 14.6 Å². The summed E-state index contributed by atoms with van der Waals surface area (Å²) in [5.74, 6) is 0.857. The number of Topliss-reactive ketones (excluding diaryl/α,β-unsaturated/α-hetero) is 1. The Kier molecular flexibility index (Phi) is 5.14. The molecule has 150 valence electrons. The predicted octanol–water partition coefficient (Wildman–Crippen LogP) is 4.53. The van der Waals surface area contributed by atoms with Gasteiger partial charge >= 0.3 is 0 Å². The predicted molar refractivity (Wildman–Crippen MR) is 114 cm³/mol. The van der Waals surface area contributed by atoms with Crippen molar-refractivity contribution >= 4 is 22.6 Å². The minimum Gasteiger partial charge on any atom is -0.497 e. The Morgan fingerprint density at radius 2 is 1.72 bits per heavy atom. The number of piperidine rings is 1. The molecule has 1 fully saturated rings. The van der Waals surface area contributed by atoms with Gasteiger partial charge in [-0.2, -0.15) is 0 Å². The maximum atomic E-state index is 13.0. The molecule has 0 bridgehead atoms. The van der Waals surface area contributed by atoms with Crippen molar-refractivity contribution in [1.82, 2.24) is 9.88 Å². The number of hydrogen-bond acceptors (Lipinski definition) is 3. The molecule has 5 nitrogen and oxygen atoms in total. The van der Waals surface area contributed by atoms with Crippen LogP contribution in [0.5, 0.6) is 5.75 Å². The molecular weight excluding hydrogens is 364 g/mol. The van der Waals surface area contributed by atoms with Gasteiger partial charge in [-0.05, 0) is 74.2 Å². The third-order valence-corrected chi connectivity index (χ3v) is 5.85. The van der Waals surface area contributed by atoms with Gasteiger partial charge in [-0.3, -0.25) is 9.59 Å². The molecule has 0 atom stereocenters. The highest BCUT2D eigenvalue weighted by molar-refractivity contribution is 6.00. The van der Waals surface area contributed by atoms with Crippen molar-refractivity contribution in [3.63, 3.8) is 0 Å². The number of nitrogens with zero attached hydrogens (tertiary/aromatic N) is 1. The highest BCUT2D eigenvalue weighted by Gasteiger charge is 2.29. The van der Waals surface area contributed by atoms with E-state index in [1.54, 1.807) is 7.11 Å². The molecule has 5 heteroatoms. The summed E-state index contributed by atoms with van der Waals surface area (Å²) >= 11 is 0. The number of benzene rings is 2. The normalized spacial score (nSPS) is 14.9. The fourth-order valence-corrected chi connectivity index (χ4v) is 4.22. The van der Waals surface area contributed by atoms with Crippen LogP contribution in [0.4, 0.5) is 0 Å². The lowest BCUT2D eigenvalue weighted by Gasteiger charge is -2.31. The van der Waals surface area contributed by atoms with E-state index in [0.717, 1.165) is 16.7 Å². The number of fused-ring (bicyclic) bond motifs is 1. The number of amides is 1. The fourth-order valence-electron chi connectivity index (χ4n) is 4.22. The van der Waals surface area contributed by atoms with E-state index >= 15 is 0 Å². The van der Waals surface area contributed by atoms with Gasteiger partial charge in [0.15, 0.2) is 5.78 Å². The molecule has 0 saturated carbocycles. The Hall–Kier alpha value is -3.08. The summed E-state index contributed by atoms with van der Waals surface area (Å²) in [4.78, 5) is 30.9. The average Bonchev–Trinajstić information content (AvgIpc) is 3.17. The zero-order valence-corrected chi connectivity index (χ0v) is 17.1. The number of likely N-dealkylation sites (tertiary alicyclic amines) is 1. The number of hydrogen-bond donors (Lipinski definition) is 1. The molecule has 1 aliphatic heterocycles.